The van der Waals surface area contributed by atoms with Crippen molar-refractivity contribution in [2.45, 2.75) is 303 Å². The van der Waals surface area contributed by atoms with E-state index in [-0.39, 0.29) is 96.1 Å². The Morgan fingerprint density at radius 3 is 1.03 bits per heavy atom. The van der Waals surface area contributed by atoms with E-state index in [1.54, 1.807) is 24.3 Å². The molecule has 0 radical (unpaired) electrons. The number of phosphoric acid groups is 2. The zero-order valence-corrected chi connectivity index (χ0v) is 64.9. The molecular weight excluding hydrogens is 1280 g/mol. The molecule has 0 aromatic heterocycles. The summed E-state index contributed by atoms with van der Waals surface area (Å²) in [5.74, 6) is -2.62. The van der Waals surface area contributed by atoms with Gasteiger partial charge in [0.1, 0.15) is 36.4 Å². The predicted octanol–water partition coefficient (Wildman–Crippen LogP) is 10.1. The zero-order chi connectivity index (χ0) is 68.5. The Hall–Kier alpha value is -2.43. The van der Waals surface area contributed by atoms with Gasteiger partial charge in [0, 0.05) is 37.4 Å². The number of aromatic hydroxyl groups is 1. The van der Waals surface area contributed by atoms with Gasteiger partial charge >= 0.3 is 89.0 Å². The number of phenols is 1. The van der Waals surface area contributed by atoms with Gasteiger partial charge in [-0.05, 0) is 49.9 Å². The summed E-state index contributed by atoms with van der Waals surface area (Å²) in [4.78, 5) is 88.0. The molecule has 4 unspecified atom stereocenters. The molecule has 0 spiro atoms. The fourth-order valence-corrected chi connectivity index (χ4v) is 11.3. The number of hydrogen-bond acceptors (Lipinski definition) is 21. The van der Waals surface area contributed by atoms with Crippen LogP contribution in [0.2, 0.25) is 0 Å². The molecule has 536 valence electrons. The summed E-state index contributed by atoms with van der Waals surface area (Å²) in [6.45, 7) is 4.36. The van der Waals surface area contributed by atoms with Crippen LogP contribution in [0.5, 0.6) is 11.5 Å². The molecule has 0 saturated heterocycles. The number of carbonyl (C=O) groups is 5. The maximum atomic E-state index is 12.8. The first kappa shape index (κ1) is 94.6. The number of carbonyl (C=O) groups excluding carboxylic acids is 5. The van der Waals surface area contributed by atoms with E-state index in [9.17, 15) is 53.1 Å². The topological polar surface area (TPSA) is 315 Å². The van der Waals surface area contributed by atoms with Crippen LogP contribution in [-0.4, -0.2) is 98.0 Å². The zero-order valence-electron chi connectivity index (χ0n) is 59.1. The summed E-state index contributed by atoms with van der Waals surface area (Å²) < 4.78 is 71.7. The van der Waals surface area contributed by atoms with Gasteiger partial charge in [-0.15, -0.1) is 0 Å². The second kappa shape index (κ2) is 63.7. The Morgan fingerprint density at radius 1 is 0.421 bits per heavy atom. The number of unbranched alkanes of at least 4 members (excludes halogenated alkanes) is 32. The Labute approximate surface area is 614 Å². The summed E-state index contributed by atoms with van der Waals surface area (Å²) in [6.07, 6.45) is 34.2. The Balaban J connectivity index is 0. The molecule has 21 nitrogen and oxygen atoms in total. The van der Waals surface area contributed by atoms with Crippen molar-refractivity contribution in [3.05, 3.63) is 54.1 Å². The van der Waals surface area contributed by atoms with Crippen molar-refractivity contribution in [2.75, 3.05) is 45.4 Å². The van der Waals surface area contributed by atoms with Crippen molar-refractivity contribution in [2.24, 2.45) is 0 Å². The van der Waals surface area contributed by atoms with E-state index in [0.29, 0.717) is 37.1 Å². The molecule has 0 fully saturated rings. The van der Waals surface area contributed by atoms with Crippen LogP contribution >= 0.6 is 15.6 Å². The van der Waals surface area contributed by atoms with Crippen LogP contribution in [0.3, 0.4) is 0 Å². The number of ether oxygens (including phenoxy) is 5. The molecule has 0 heterocycles. The molecule has 4 N–H and O–H groups in total. The number of phosphoric ester groups is 2. The smallest absolute Gasteiger partial charge is 0.756 e. The van der Waals surface area contributed by atoms with Gasteiger partial charge in [-0.1, -0.05) is 251 Å². The number of phenolic OH excluding ortho intramolecular Hbond substituents is 1. The van der Waals surface area contributed by atoms with Crippen molar-refractivity contribution >= 4 is 51.2 Å². The third-order valence-electron chi connectivity index (χ3n) is 15.3. The number of hydrogen-bond donors (Lipinski definition) is 3. The SMILES string of the molecule is CCCCCCCCCCCC(=O)OCC(COP(=O)([O-])OCC(O)COP(=O)([O-])OCC(COC(=O)CCCCCCCCCCC)OC(=O)CCCCCCCCCCC)OC(=O)CCCCCCCCCCC.Nc1ccc(C(=O)Oc2ccccc2)c(O)c1.[Na+].[Na+]. The second-order valence-electron chi connectivity index (χ2n) is 24.1. The van der Waals surface area contributed by atoms with Crippen LogP contribution in [0.25, 0.3) is 0 Å². The molecule has 2 aromatic rings. The number of para-hydroxylation sites is 1. The van der Waals surface area contributed by atoms with Crippen LogP contribution in [-0.2, 0) is 65.4 Å². The maximum Gasteiger partial charge on any atom is 1.00 e. The minimum Gasteiger partial charge on any atom is -0.756 e. The molecule has 0 saturated carbocycles. The van der Waals surface area contributed by atoms with Crippen molar-refractivity contribution in [3.8, 4) is 11.5 Å². The van der Waals surface area contributed by atoms with Gasteiger partial charge in [0.25, 0.3) is 15.6 Å². The Bertz CT molecular complexity index is 2220. The third kappa shape index (κ3) is 58.0. The van der Waals surface area contributed by atoms with Gasteiger partial charge in [-0.25, -0.2) is 4.79 Å². The first-order valence-corrected chi connectivity index (χ1v) is 38.2. The fraction of sp³-hybridized carbons (Fsp3) is 0.757. The third-order valence-corrected chi connectivity index (χ3v) is 17.1. The largest absolute Gasteiger partial charge is 1.00 e. The Kier molecular flexibility index (Phi) is 63.5. The van der Waals surface area contributed by atoms with Crippen molar-refractivity contribution in [1.29, 1.82) is 0 Å². The van der Waals surface area contributed by atoms with E-state index in [1.165, 1.54) is 121 Å². The molecule has 0 bridgehead atoms. The maximum absolute atomic E-state index is 12.8. The number of benzene rings is 2. The number of aliphatic hydroxyl groups excluding tert-OH is 1. The molecule has 0 amide bonds. The van der Waals surface area contributed by atoms with E-state index in [1.807, 2.05) is 6.07 Å². The Morgan fingerprint density at radius 2 is 0.716 bits per heavy atom. The molecule has 0 aliphatic carbocycles. The fourth-order valence-electron chi connectivity index (χ4n) is 9.76. The van der Waals surface area contributed by atoms with E-state index in [4.69, 9.17) is 47.5 Å². The number of aliphatic hydroxyl groups is 1. The van der Waals surface area contributed by atoms with Crippen LogP contribution in [0, 0.1) is 0 Å². The van der Waals surface area contributed by atoms with E-state index in [2.05, 4.69) is 27.7 Å². The van der Waals surface area contributed by atoms with Crippen LogP contribution < -0.4 is 79.4 Å². The molecule has 2 aromatic carbocycles. The molecule has 0 aliphatic heterocycles. The van der Waals surface area contributed by atoms with Gasteiger partial charge in [0.05, 0.1) is 26.4 Å². The number of anilines is 1. The molecule has 25 heteroatoms. The second-order valence-corrected chi connectivity index (χ2v) is 26.9. The number of nitrogens with two attached hydrogens (primary N) is 1. The predicted molar refractivity (Wildman–Crippen MR) is 358 cm³/mol. The minimum absolute atomic E-state index is 0. The minimum atomic E-state index is -5.20. The average Bonchev–Trinajstić information content (AvgIpc) is 1.19. The summed E-state index contributed by atoms with van der Waals surface area (Å²) in [6, 6.07) is 12.9. The standard InChI is InChI=1S/C57H110O17P2.C13H11NO3.2Na/c1-5-9-13-17-21-25-29-33-37-41-54(59)67-47-52(73-56(61)43-39-35-31-27-23-19-15-11-7-3)49-71-75(63,64)69-45-51(58)46-70-76(65,66)72-50-53(74-57(62)44-40-36-32-28-24-20-16-12-8-4)48-68-55(60)42-38-34-30-26-22-18-14-10-6-2;14-9-6-7-11(12(15)8-9)13(16)17-10-4-2-1-3-5-10;;/h51-53,58H,5-50H2,1-4H3,(H,63,64)(H,65,66);1-8,15H,14H2;;/q;;2*+1/p-2. The molecule has 2 rings (SSSR count). The summed E-state index contributed by atoms with van der Waals surface area (Å²) in [5, 5.41) is 20.0. The van der Waals surface area contributed by atoms with Crippen LogP contribution in [0.15, 0.2) is 48.5 Å². The van der Waals surface area contributed by atoms with E-state index >= 15 is 0 Å². The van der Waals surface area contributed by atoms with Crippen molar-refractivity contribution in [1.82, 2.24) is 0 Å². The monoisotopic (exact) mass is 1400 g/mol. The number of esters is 5. The van der Waals surface area contributed by atoms with Crippen LogP contribution in [0.4, 0.5) is 5.69 Å². The van der Waals surface area contributed by atoms with Crippen LogP contribution in [0.1, 0.15) is 295 Å². The van der Waals surface area contributed by atoms with Gasteiger partial charge in [-0.2, -0.15) is 0 Å². The summed E-state index contributed by atoms with van der Waals surface area (Å²) >= 11 is 0. The van der Waals surface area contributed by atoms with Crippen molar-refractivity contribution in [3.63, 3.8) is 0 Å². The quantitative estimate of drug-likeness (QED) is 0.0105. The normalized spacial score (nSPS) is 13.3. The first-order chi connectivity index (χ1) is 44.8. The molecule has 95 heavy (non-hydrogen) atoms. The number of rotatable bonds is 60. The van der Waals surface area contributed by atoms with Gasteiger partial charge in [0.2, 0.25) is 0 Å². The summed E-state index contributed by atoms with van der Waals surface area (Å²) in [7, 11) is -10.4. The van der Waals surface area contributed by atoms with E-state index < -0.39 is 103 Å². The molecule has 4 atom stereocenters. The van der Waals surface area contributed by atoms with Gasteiger partial charge in [0.15, 0.2) is 12.2 Å². The van der Waals surface area contributed by atoms with Gasteiger partial charge < -0.3 is 67.5 Å². The average molecular weight is 1400 g/mol. The summed E-state index contributed by atoms with van der Waals surface area (Å²) in [5.41, 5.74) is 5.94. The molecule has 0 aliphatic rings. The van der Waals surface area contributed by atoms with Gasteiger partial charge in [-0.3, -0.25) is 28.3 Å². The van der Waals surface area contributed by atoms with Crippen molar-refractivity contribution < 1.29 is 154 Å². The van der Waals surface area contributed by atoms with E-state index in [0.717, 1.165) is 103 Å². The number of nitrogen functional groups attached to an aromatic ring is 1. The first-order valence-electron chi connectivity index (χ1n) is 35.3. The molecular formula is C70H119NNa2O20P2.